The number of rotatable bonds is 5. The molecule has 1 saturated heterocycles. The van der Waals surface area contributed by atoms with E-state index in [2.05, 4.69) is 40.5 Å². The van der Waals surface area contributed by atoms with Gasteiger partial charge < -0.3 is 15.0 Å². The number of hydrogen-bond acceptors (Lipinski definition) is 3. The third-order valence-corrected chi connectivity index (χ3v) is 4.26. The molecule has 22 heavy (non-hydrogen) atoms. The van der Waals surface area contributed by atoms with Crippen LogP contribution in [-0.4, -0.2) is 20.2 Å². The molecule has 0 saturated carbocycles. The first kappa shape index (κ1) is 14.8. The Hall–Kier alpha value is -2.16. The highest BCUT2D eigenvalue weighted by Gasteiger charge is 2.10. The molecule has 3 rings (SSSR count). The first-order valence-corrected chi connectivity index (χ1v) is 8.07. The fraction of sp³-hybridized carbons (Fsp3) is 0.368. The van der Waals surface area contributed by atoms with Crippen LogP contribution in [0.15, 0.2) is 48.5 Å². The lowest BCUT2D eigenvalue weighted by Gasteiger charge is -2.28. The molecule has 2 aromatic rings. The molecule has 2 aromatic carbocycles. The molecule has 116 valence electrons. The number of anilines is 2. The zero-order valence-corrected chi connectivity index (χ0v) is 13.2. The van der Waals surface area contributed by atoms with Gasteiger partial charge in [0.25, 0.3) is 0 Å². The maximum absolute atomic E-state index is 5.39. The highest BCUT2D eigenvalue weighted by molar-refractivity contribution is 5.55. The fourth-order valence-corrected chi connectivity index (χ4v) is 2.99. The molecule has 0 unspecified atom stereocenters. The van der Waals surface area contributed by atoms with Crippen molar-refractivity contribution in [1.29, 1.82) is 0 Å². The van der Waals surface area contributed by atoms with Crippen LogP contribution in [0.25, 0.3) is 0 Å². The lowest BCUT2D eigenvalue weighted by Crippen LogP contribution is -2.29. The largest absolute Gasteiger partial charge is 0.496 e. The van der Waals surface area contributed by atoms with Crippen molar-refractivity contribution >= 4 is 11.4 Å². The highest BCUT2D eigenvalue weighted by Crippen LogP contribution is 2.23. The maximum Gasteiger partial charge on any atom is 0.123 e. The van der Waals surface area contributed by atoms with Gasteiger partial charge >= 0.3 is 0 Å². The van der Waals surface area contributed by atoms with Gasteiger partial charge in [0.2, 0.25) is 0 Å². The normalized spacial score (nSPS) is 14.7. The van der Waals surface area contributed by atoms with Gasteiger partial charge in [-0.15, -0.1) is 0 Å². The Labute approximate surface area is 132 Å². The average Bonchev–Trinajstić information content (AvgIpc) is 2.61. The van der Waals surface area contributed by atoms with Crippen LogP contribution in [-0.2, 0) is 6.54 Å². The van der Waals surface area contributed by atoms with Crippen molar-refractivity contribution < 1.29 is 4.74 Å². The maximum atomic E-state index is 5.39. The van der Waals surface area contributed by atoms with Gasteiger partial charge in [-0.1, -0.05) is 18.2 Å². The fourth-order valence-electron chi connectivity index (χ4n) is 2.99. The minimum absolute atomic E-state index is 0.771. The molecule has 0 bridgehead atoms. The second-order valence-electron chi connectivity index (χ2n) is 5.76. The van der Waals surface area contributed by atoms with E-state index in [4.69, 9.17) is 4.74 Å². The summed E-state index contributed by atoms with van der Waals surface area (Å²) in [6, 6.07) is 16.9. The molecule has 0 amide bonds. The van der Waals surface area contributed by atoms with Crippen LogP contribution in [0.1, 0.15) is 24.8 Å². The lowest BCUT2D eigenvalue weighted by atomic mass is 10.1. The predicted octanol–water partition coefficient (Wildman–Crippen LogP) is 4.30. The van der Waals surface area contributed by atoms with E-state index < -0.39 is 0 Å². The molecule has 0 atom stereocenters. The summed E-state index contributed by atoms with van der Waals surface area (Å²) in [5.41, 5.74) is 3.65. The number of piperidine rings is 1. The number of nitrogens with one attached hydrogen (secondary N) is 1. The van der Waals surface area contributed by atoms with E-state index in [1.807, 2.05) is 18.2 Å². The van der Waals surface area contributed by atoms with Gasteiger partial charge in [-0.2, -0.15) is 0 Å². The lowest BCUT2D eigenvalue weighted by molar-refractivity contribution is 0.410. The summed E-state index contributed by atoms with van der Waals surface area (Å²) in [5, 5.41) is 3.47. The summed E-state index contributed by atoms with van der Waals surface area (Å²) in [6.45, 7) is 3.15. The van der Waals surface area contributed by atoms with Crippen LogP contribution >= 0.6 is 0 Å². The van der Waals surface area contributed by atoms with Crippen LogP contribution in [0.2, 0.25) is 0 Å². The first-order chi connectivity index (χ1) is 10.9. The number of para-hydroxylation sites is 1. The van der Waals surface area contributed by atoms with Crippen molar-refractivity contribution in [3.63, 3.8) is 0 Å². The summed E-state index contributed by atoms with van der Waals surface area (Å²) >= 11 is 0. The van der Waals surface area contributed by atoms with Crippen LogP contribution < -0.4 is 15.0 Å². The summed E-state index contributed by atoms with van der Waals surface area (Å²) < 4.78 is 5.39. The van der Waals surface area contributed by atoms with Gasteiger partial charge in [0.15, 0.2) is 0 Å². The molecule has 1 N–H and O–H groups in total. The van der Waals surface area contributed by atoms with Gasteiger partial charge in [0.1, 0.15) is 5.75 Å². The van der Waals surface area contributed by atoms with Gasteiger partial charge in [0, 0.05) is 36.6 Å². The molecule has 3 nitrogen and oxygen atoms in total. The smallest absolute Gasteiger partial charge is 0.123 e. The van der Waals surface area contributed by atoms with Crippen molar-refractivity contribution in [2.45, 2.75) is 25.8 Å². The van der Waals surface area contributed by atoms with Gasteiger partial charge in [-0.05, 0) is 49.6 Å². The molecule has 3 heteroatoms. The molecule has 0 aromatic heterocycles. The molecule has 1 heterocycles. The summed E-state index contributed by atoms with van der Waals surface area (Å²) in [7, 11) is 1.71. The molecular formula is C19H24N2O. The van der Waals surface area contributed by atoms with Crippen LogP contribution in [0.3, 0.4) is 0 Å². The van der Waals surface area contributed by atoms with E-state index >= 15 is 0 Å². The van der Waals surface area contributed by atoms with Crippen molar-refractivity contribution in [2.24, 2.45) is 0 Å². The molecular weight excluding hydrogens is 272 g/mol. The van der Waals surface area contributed by atoms with E-state index in [0.29, 0.717) is 0 Å². The Morgan fingerprint density at radius 1 is 0.955 bits per heavy atom. The molecule has 1 fully saturated rings. The van der Waals surface area contributed by atoms with E-state index in [1.54, 1.807) is 7.11 Å². The second-order valence-corrected chi connectivity index (χ2v) is 5.76. The van der Waals surface area contributed by atoms with Crippen molar-refractivity contribution in [1.82, 2.24) is 0 Å². The first-order valence-electron chi connectivity index (χ1n) is 8.07. The number of hydrogen-bond donors (Lipinski definition) is 1. The van der Waals surface area contributed by atoms with Crippen molar-refractivity contribution in [2.75, 3.05) is 30.4 Å². The quantitative estimate of drug-likeness (QED) is 0.890. The minimum atomic E-state index is 0.771. The highest BCUT2D eigenvalue weighted by atomic mass is 16.5. The summed E-state index contributed by atoms with van der Waals surface area (Å²) in [5.74, 6) is 0.930. The Morgan fingerprint density at radius 3 is 2.41 bits per heavy atom. The zero-order chi connectivity index (χ0) is 15.2. The van der Waals surface area contributed by atoms with E-state index in [1.165, 1.54) is 43.6 Å². The summed E-state index contributed by atoms with van der Waals surface area (Å²) in [6.07, 6.45) is 4.00. The standard InChI is InChI=1S/C19H24N2O/c1-22-19-8-4-3-7-16(19)15-20-17-9-11-18(12-10-17)21-13-5-2-6-14-21/h3-4,7-12,20H,2,5-6,13-15H2,1H3. The second kappa shape index (κ2) is 7.21. The number of ether oxygens (including phenoxy) is 1. The Morgan fingerprint density at radius 2 is 1.68 bits per heavy atom. The monoisotopic (exact) mass is 296 g/mol. The SMILES string of the molecule is COc1ccccc1CNc1ccc(N2CCCCC2)cc1. The zero-order valence-electron chi connectivity index (χ0n) is 13.2. The van der Waals surface area contributed by atoms with E-state index in [0.717, 1.165) is 18.0 Å². The van der Waals surface area contributed by atoms with Crippen molar-refractivity contribution in [3.8, 4) is 5.75 Å². The topological polar surface area (TPSA) is 24.5 Å². The molecule has 1 aliphatic heterocycles. The predicted molar refractivity (Wildman–Crippen MR) is 92.8 cm³/mol. The number of benzene rings is 2. The van der Waals surface area contributed by atoms with Crippen LogP contribution in [0, 0.1) is 0 Å². The minimum Gasteiger partial charge on any atom is -0.496 e. The third-order valence-electron chi connectivity index (χ3n) is 4.26. The van der Waals surface area contributed by atoms with Gasteiger partial charge in [-0.25, -0.2) is 0 Å². The molecule has 0 aliphatic carbocycles. The Bertz CT molecular complexity index is 589. The Kier molecular flexibility index (Phi) is 4.84. The number of methoxy groups -OCH3 is 1. The molecule has 0 spiro atoms. The van der Waals surface area contributed by atoms with Crippen LogP contribution in [0.4, 0.5) is 11.4 Å². The molecule has 0 radical (unpaired) electrons. The number of nitrogens with zero attached hydrogens (tertiary/aromatic N) is 1. The van der Waals surface area contributed by atoms with Crippen LogP contribution in [0.5, 0.6) is 5.75 Å². The average molecular weight is 296 g/mol. The van der Waals surface area contributed by atoms with Gasteiger partial charge in [0.05, 0.1) is 7.11 Å². The van der Waals surface area contributed by atoms with E-state index in [9.17, 15) is 0 Å². The third kappa shape index (κ3) is 3.53. The molecule has 1 aliphatic rings. The Balaban J connectivity index is 1.61. The van der Waals surface area contributed by atoms with E-state index in [-0.39, 0.29) is 0 Å². The van der Waals surface area contributed by atoms with Crippen molar-refractivity contribution in [3.05, 3.63) is 54.1 Å². The summed E-state index contributed by atoms with van der Waals surface area (Å²) in [4.78, 5) is 2.48. The van der Waals surface area contributed by atoms with Gasteiger partial charge in [-0.3, -0.25) is 0 Å².